The molecule has 0 aromatic carbocycles. The largest absolute Gasteiger partial charge is 0.385 e. The van der Waals surface area contributed by atoms with Crippen molar-refractivity contribution in [1.82, 2.24) is 10.1 Å². The Labute approximate surface area is 108 Å². The molecule has 0 aliphatic rings. The second-order valence-corrected chi connectivity index (χ2v) is 4.64. The van der Waals surface area contributed by atoms with Crippen LogP contribution < -0.4 is 5.73 Å². The summed E-state index contributed by atoms with van der Waals surface area (Å²) in [5.74, 6) is 0.982. The van der Waals surface area contributed by atoms with Crippen molar-refractivity contribution in [3.63, 3.8) is 0 Å². The molecule has 104 valence electrons. The summed E-state index contributed by atoms with van der Waals surface area (Å²) in [5.41, 5.74) is 5.42. The maximum Gasteiger partial charge on any atom is 0.243 e. The molecule has 0 saturated carbocycles. The fraction of sp³-hybridized carbons (Fsp3) is 0.833. The first kappa shape index (κ1) is 15.1. The Morgan fingerprint density at radius 3 is 2.78 bits per heavy atom. The molecule has 0 radical (unpaired) electrons. The molecule has 1 rings (SSSR count). The summed E-state index contributed by atoms with van der Waals surface area (Å²) in [6.45, 7) is 7.01. The lowest BCUT2D eigenvalue weighted by atomic mass is 10.1. The van der Waals surface area contributed by atoms with Gasteiger partial charge in [0.2, 0.25) is 11.7 Å². The first-order chi connectivity index (χ1) is 8.51. The van der Waals surface area contributed by atoms with E-state index in [1.54, 1.807) is 7.11 Å². The molecule has 0 aliphatic carbocycles. The number of nitrogens with zero attached hydrogens (tertiary/aromatic N) is 2. The van der Waals surface area contributed by atoms with Crippen molar-refractivity contribution in [2.45, 2.75) is 45.3 Å². The molecule has 18 heavy (non-hydrogen) atoms. The highest BCUT2D eigenvalue weighted by Crippen LogP contribution is 2.23. The van der Waals surface area contributed by atoms with Gasteiger partial charge in [-0.25, -0.2) is 0 Å². The molecule has 1 unspecified atom stereocenters. The van der Waals surface area contributed by atoms with Gasteiger partial charge in [-0.2, -0.15) is 4.98 Å². The number of rotatable bonds is 8. The van der Waals surface area contributed by atoms with E-state index in [-0.39, 0.29) is 6.04 Å². The highest BCUT2D eigenvalue weighted by Gasteiger charge is 2.28. The number of methoxy groups -OCH3 is 1. The Bertz CT molecular complexity index is 352. The normalized spacial score (nSPS) is 13.8. The van der Waals surface area contributed by atoms with Crippen LogP contribution in [0.5, 0.6) is 0 Å². The lowest BCUT2D eigenvalue weighted by Gasteiger charge is -2.19. The van der Waals surface area contributed by atoms with Crippen molar-refractivity contribution in [1.29, 1.82) is 0 Å². The van der Waals surface area contributed by atoms with Crippen LogP contribution in [0.15, 0.2) is 4.52 Å². The zero-order valence-corrected chi connectivity index (χ0v) is 11.6. The summed E-state index contributed by atoms with van der Waals surface area (Å²) in [6.07, 6.45) is 1.62. The molecule has 6 heteroatoms. The van der Waals surface area contributed by atoms with E-state index in [1.807, 2.05) is 20.8 Å². The average Bonchev–Trinajstić information content (AvgIpc) is 2.79. The molecule has 0 aliphatic heterocycles. The third kappa shape index (κ3) is 4.04. The minimum Gasteiger partial charge on any atom is -0.385 e. The zero-order chi connectivity index (χ0) is 13.6. The molecule has 0 saturated heterocycles. The van der Waals surface area contributed by atoms with Crippen molar-refractivity contribution in [2.75, 3.05) is 20.3 Å². The van der Waals surface area contributed by atoms with Gasteiger partial charge in [-0.1, -0.05) is 5.16 Å². The molecule has 0 spiro atoms. The van der Waals surface area contributed by atoms with E-state index in [2.05, 4.69) is 10.1 Å². The summed E-state index contributed by atoms with van der Waals surface area (Å²) < 4.78 is 15.7. The fourth-order valence-electron chi connectivity index (χ4n) is 1.63. The molecule has 1 atom stereocenters. The minimum absolute atomic E-state index is 0.251. The van der Waals surface area contributed by atoms with Crippen molar-refractivity contribution < 1.29 is 14.0 Å². The topological polar surface area (TPSA) is 83.4 Å². The van der Waals surface area contributed by atoms with Gasteiger partial charge in [0.15, 0.2) is 0 Å². The van der Waals surface area contributed by atoms with Gasteiger partial charge in [-0.05, 0) is 33.6 Å². The van der Waals surface area contributed by atoms with Gasteiger partial charge >= 0.3 is 0 Å². The molecule has 0 bridgehead atoms. The van der Waals surface area contributed by atoms with E-state index >= 15 is 0 Å². The highest BCUT2D eigenvalue weighted by molar-refractivity contribution is 4.99. The second kappa shape index (κ2) is 6.82. The maximum absolute atomic E-state index is 5.97. The maximum atomic E-state index is 5.97. The predicted molar refractivity (Wildman–Crippen MR) is 67.0 cm³/mol. The van der Waals surface area contributed by atoms with Gasteiger partial charge < -0.3 is 19.7 Å². The van der Waals surface area contributed by atoms with Gasteiger partial charge in [0.05, 0.1) is 6.04 Å². The smallest absolute Gasteiger partial charge is 0.243 e. The van der Waals surface area contributed by atoms with Crippen LogP contribution in [0.3, 0.4) is 0 Å². The van der Waals surface area contributed by atoms with Gasteiger partial charge in [0, 0.05) is 20.3 Å². The zero-order valence-electron chi connectivity index (χ0n) is 11.6. The lowest BCUT2D eigenvalue weighted by molar-refractivity contribution is -0.0221. The molecule has 0 amide bonds. The third-order valence-electron chi connectivity index (χ3n) is 2.67. The molecule has 2 N–H and O–H groups in total. The van der Waals surface area contributed by atoms with E-state index < -0.39 is 5.60 Å². The number of nitrogens with two attached hydrogens (primary N) is 1. The van der Waals surface area contributed by atoms with Crippen LogP contribution in [0.2, 0.25) is 0 Å². The number of hydrogen-bond acceptors (Lipinski definition) is 6. The van der Waals surface area contributed by atoms with Crippen LogP contribution >= 0.6 is 0 Å². The summed E-state index contributed by atoms with van der Waals surface area (Å²) in [5, 5.41) is 3.93. The Balaban J connectivity index is 2.62. The Kier molecular flexibility index (Phi) is 5.71. The van der Waals surface area contributed by atoms with Gasteiger partial charge in [0.25, 0.3) is 0 Å². The SMILES string of the molecule is CCOC(C)(C)c1noc(C(N)CCCOC)n1. The van der Waals surface area contributed by atoms with Crippen LogP contribution in [0.4, 0.5) is 0 Å². The van der Waals surface area contributed by atoms with Crippen LogP contribution in [0, 0.1) is 0 Å². The van der Waals surface area contributed by atoms with Crippen molar-refractivity contribution >= 4 is 0 Å². The van der Waals surface area contributed by atoms with E-state index in [4.69, 9.17) is 19.7 Å². The number of ether oxygens (including phenoxy) is 2. The highest BCUT2D eigenvalue weighted by atomic mass is 16.5. The second-order valence-electron chi connectivity index (χ2n) is 4.64. The predicted octanol–water partition coefficient (Wildman–Crippen LogP) is 1.77. The summed E-state index contributed by atoms with van der Waals surface area (Å²) in [4.78, 5) is 4.31. The molecule has 1 aromatic heterocycles. The number of hydrogen-bond donors (Lipinski definition) is 1. The van der Waals surface area contributed by atoms with E-state index in [0.717, 1.165) is 12.8 Å². The number of aromatic nitrogens is 2. The Hall–Kier alpha value is -0.980. The standard InChI is InChI=1S/C12H23N3O3/c1-5-17-12(2,3)11-14-10(18-15-11)9(13)7-6-8-16-4/h9H,5-8,13H2,1-4H3. The summed E-state index contributed by atoms with van der Waals surface area (Å²) in [6, 6.07) is -0.251. The van der Waals surface area contributed by atoms with Gasteiger partial charge in [-0.15, -0.1) is 0 Å². The summed E-state index contributed by atoms with van der Waals surface area (Å²) in [7, 11) is 1.67. The third-order valence-corrected chi connectivity index (χ3v) is 2.67. The fourth-order valence-corrected chi connectivity index (χ4v) is 1.63. The van der Waals surface area contributed by atoms with Crippen LogP contribution in [0.1, 0.15) is 51.4 Å². The molecule has 1 aromatic rings. The lowest BCUT2D eigenvalue weighted by Crippen LogP contribution is -2.23. The molecular formula is C12H23N3O3. The Morgan fingerprint density at radius 2 is 2.17 bits per heavy atom. The van der Waals surface area contributed by atoms with E-state index in [0.29, 0.717) is 24.9 Å². The van der Waals surface area contributed by atoms with Crippen molar-refractivity contribution in [3.05, 3.63) is 11.7 Å². The molecular weight excluding hydrogens is 234 g/mol. The molecule has 0 fully saturated rings. The first-order valence-corrected chi connectivity index (χ1v) is 6.23. The Morgan fingerprint density at radius 1 is 1.44 bits per heavy atom. The van der Waals surface area contributed by atoms with Gasteiger partial charge in [-0.3, -0.25) is 0 Å². The van der Waals surface area contributed by atoms with Crippen molar-refractivity contribution in [2.24, 2.45) is 5.73 Å². The average molecular weight is 257 g/mol. The van der Waals surface area contributed by atoms with Crippen molar-refractivity contribution in [3.8, 4) is 0 Å². The van der Waals surface area contributed by atoms with E-state index in [1.165, 1.54) is 0 Å². The van der Waals surface area contributed by atoms with Crippen LogP contribution in [-0.4, -0.2) is 30.5 Å². The van der Waals surface area contributed by atoms with Crippen LogP contribution in [-0.2, 0) is 15.1 Å². The quantitative estimate of drug-likeness (QED) is 0.714. The first-order valence-electron chi connectivity index (χ1n) is 6.23. The minimum atomic E-state index is -0.553. The summed E-state index contributed by atoms with van der Waals surface area (Å²) >= 11 is 0. The molecule has 6 nitrogen and oxygen atoms in total. The molecule has 1 heterocycles. The van der Waals surface area contributed by atoms with E-state index in [9.17, 15) is 0 Å². The monoisotopic (exact) mass is 257 g/mol. The van der Waals surface area contributed by atoms with Gasteiger partial charge in [0.1, 0.15) is 5.60 Å². The van der Waals surface area contributed by atoms with Crippen LogP contribution in [0.25, 0.3) is 0 Å².